The summed E-state index contributed by atoms with van der Waals surface area (Å²) in [6.45, 7) is 3.90. The number of halogens is 1. The van der Waals surface area contributed by atoms with E-state index in [1.807, 2.05) is 16.8 Å². The summed E-state index contributed by atoms with van der Waals surface area (Å²) < 4.78 is 2.86. The summed E-state index contributed by atoms with van der Waals surface area (Å²) >= 11 is 5.09. The summed E-state index contributed by atoms with van der Waals surface area (Å²) in [5.74, 6) is 1.66. The molecule has 3 N–H and O–H groups in total. The Morgan fingerprint density at radius 2 is 2.04 bits per heavy atom. The fourth-order valence-electron chi connectivity index (χ4n) is 2.28. The summed E-state index contributed by atoms with van der Waals surface area (Å²) in [7, 11) is 0. The average molecular weight is 422 g/mol. The van der Waals surface area contributed by atoms with E-state index < -0.39 is 0 Å². The number of nitrogens with zero attached hydrogens (tertiary/aromatic N) is 5. The van der Waals surface area contributed by atoms with Gasteiger partial charge in [-0.3, -0.25) is 0 Å². The van der Waals surface area contributed by atoms with Crippen molar-refractivity contribution in [2.24, 2.45) is 5.73 Å². The highest BCUT2D eigenvalue weighted by atomic mass is 79.9. The SMILES string of the molecule is CCCSc1nc(NCCN)c2nnn(Cc3ccc(Br)cc3)c2n1. The minimum Gasteiger partial charge on any atom is -0.367 e. The van der Waals surface area contributed by atoms with Crippen LogP contribution in [0.1, 0.15) is 18.9 Å². The lowest BCUT2D eigenvalue weighted by molar-refractivity contribution is 0.661. The van der Waals surface area contributed by atoms with Gasteiger partial charge in [0.05, 0.1) is 6.54 Å². The van der Waals surface area contributed by atoms with Crippen LogP contribution in [0.25, 0.3) is 11.2 Å². The number of nitrogens with two attached hydrogens (primary N) is 1. The molecule has 0 aliphatic rings. The van der Waals surface area contributed by atoms with Gasteiger partial charge in [0.2, 0.25) is 0 Å². The van der Waals surface area contributed by atoms with Crippen LogP contribution >= 0.6 is 27.7 Å². The highest BCUT2D eigenvalue weighted by Gasteiger charge is 2.15. The van der Waals surface area contributed by atoms with Crippen LogP contribution in [-0.2, 0) is 6.54 Å². The van der Waals surface area contributed by atoms with Crippen molar-refractivity contribution in [3.05, 3.63) is 34.3 Å². The molecule has 9 heteroatoms. The Hall–Kier alpha value is -1.71. The van der Waals surface area contributed by atoms with Gasteiger partial charge >= 0.3 is 0 Å². The molecule has 0 aliphatic heterocycles. The molecule has 0 spiro atoms. The van der Waals surface area contributed by atoms with E-state index in [4.69, 9.17) is 5.73 Å². The molecule has 0 unspecified atom stereocenters. The van der Waals surface area contributed by atoms with Gasteiger partial charge in [-0.25, -0.2) is 14.6 Å². The third-order valence-electron chi connectivity index (χ3n) is 3.46. The summed E-state index contributed by atoms with van der Waals surface area (Å²) in [6, 6.07) is 8.14. The van der Waals surface area contributed by atoms with Crippen molar-refractivity contribution in [3.63, 3.8) is 0 Å². The Morgan fingerprint density at radius 3 is 2.76 bits per heavy atom. The summed E-state index contributed by atoms with van der Waals surface area (Å²) in [6.07, 6.45) is 1.06. The first-order valence-electron chi connectivity index (χ1n) is 8.13. The van der Waals surface area contributed by atoms with Crippen molar-refractivity contribution in [1.82, 2.24) is 25.0 Å². The number of hydrogen-bond donors (Lipinski definition) is 2. The summed E-state index contributed by atoms with van der Waals surface area (Å²) in [5, 5.41) is 12.5. The van der Waals surface area contributed by atoms with Crippen LogP contribution < -0.4 is 11.1 Å². The monoisotopic (exact) mass is 421 g/mol. The zero-order valence-corrected chi connectivity index (χ0v) is 16.3. The minimum atomic E-state index is 0.524. The van der Waals surface area contributed by atoms with E-state index in [1.54, 1.807) is 11.8 Å². The van der Waals surface area contributed by atoms with E-state index in [-0.39, 0.29) is 0 Å². The summed E-state index contributed by atoms with van der Waals surface area (Å²) in [4.78, 5) is 9.24. The lowest BCUT2D eigenvalue weighted by atomic mass is 10.2. The van der Waals surface area contributed by atoms with Crippen molar-refractivity contribution in [2.45, 2.75) is 25.0 Å². The zero-order chi connectivity index (χ0) is 17.6. The molecule has 25 heavy (non-hydrogen) atoms. The zero-order valence-electron chi connectivity index (χ0n) is 13.9. The quantitative estimate of drug-likeness (QED) is 0.426. The number of thioether (sulfide) groups is 1. The smallest absolute Gasteiger partial charge is 0.191 e. The van der Waals surface area contributed by atoms with E-state index in [0.717, 1.165) is 33.0 Å². The van der Waals surface area contributed by atoms with Crippen molar-refractivity contribution in [2.75, 3.05) is 24.2 Å². The van der Waals surface area contributed by atoms with E-state index in [9.17, 15) is 0 Å². The van der Waals surface area contributed by atoms with Crippen LogP contribution in [-0.4, -0.2) is 43.8 Å². The first-order valence-corrected chi connectivity index (χ1v) is 9.91. The maximum absolute atomic E-state index is 5.60. The second-order valence-electron chi connectivity index (χ2n) is 5.46. The maximum Gasteiger partial charge on any atom is 0.191 e. The molecule has 0 bridgehead atoms. The molecule has 132 valence electrons. The number of anilines is 1. The largest absolute Gasteiger partial charge is 0.367 e. The lowest BCUT2D eigenvalue weighted by Crippen LogP contribution is -2.14. The first-order chi connectivity index (χ1) is 12.2. The molecular formula is C16H20BrN7S. The molecule has 0 amide bonds. The molecule has 0 saturated carbocycles. The molecule has 0 radical (unpaired) electrons. The van der Waals surface area contributed by atoms with E-state index in [0.29, 0.717) is 31.0 Å². The molecule has 0 atom stereocenters. The van der Waals surface area contributed by atoms with Crippen molar-refractivity contribution < 1.29 is 0 Å². The van der Waals surface area contributed by atoms with Crippen molar-refractivity contribution in [1.29, 1.82) is 0 Å². The topological polar surface area (TPSA) is 94.5 Å². The molecule has 3 rings (SSSR count). The minimum absolute atomic E-state index is 0.524. The van der Waals surface area contributed by atoms with Crippen LogP contribution in [0.15, 0.2) is 33.9 Å². The van der Waals surface area contributed by atoms with Gasteiger partial charge in [-0.1, -0.05) is 52.0 Å². The molecular weight excluding hydrogens is 402 g/mol. The second kappa shape index (κ2) is 8.59. The third-order valence-corrected chi connectivity index (χ3v) is 5.04. The number of benzene rings is 1. The number of aromatic nitrogens is 5. The predicted octanol–water partition coefficient (Wildman–Crippen LogP) is 2.90. The fourth-order valence-corrected chi connectivity index (χ4v) is 3.24. The highest BCUT2D eigenvalue weighted by molar-refractivity contribution is 9.10. The Kier molecular flexibility index (Phi) is 6.22. The van der Waals surface area contributed by atoms with E-state index >= 15 is 0 Å². The van der Waals surface area contributed by atoms with Crippen molar-refractivity contribution >= 4 is 44.7 Å². The van der Waals surface area contributed by atoms with Gasteiger partial charge in [0, 0.05) is 23.3 Å². The number of hydrogen-bond acceptors (Lipinski definition) is 7. The molecule has 0 saturated heterocycles. The van der Waals surface area contributed by atoms with E-state index in [2.05, 4.69) is 60.6 Å². The Labute approximate surface area is 158 Å². The molecule has 0 aliphatic carbocycles. The molecule has 2 aromatic heterocycles. The van der Waals surface area contributed by atoms with Gasteiger partial charge in [0.15, 0.2) is 22.1 Å². The van der Waals surface area contributed by atoms with E-state index in [1.165, 1.54) is 0 Å². The van der Waals surface area contributed by atoms with Gasteiger partial charge in [-0.15, -0.1) is 5.10 Å². The van der Waals surface area contributed by atoms with Gasteiger partial charge in [0.25, 0.3) is 0 Å². The maximum atomic E-state index is 5.60. The van der Waals surface area contributed by atoms with Crippen molar-refractivity contribution in [3.8, 4) is 0 Å². The summed E-state index contributed by atoms with van der Waals surface area (Å²) in [5.41, 5.74) is 8.14. The second-order valence-corrected chi connectivity index (χ2v) is 7.44. The number of fused-ring (bicyclic) bond motifs is 1. The van der Waals surface area contributed by atoms with Crippen LogP contribution in [0.4, 0.5) is 5.82 Å². The number of nitrogens with one attached hydrogen (secondary N) is 1. The van der Waals surface area contributed by atoms with Crippen LogP contribution in [0.3, 0.4) is 0 Å². The molecule has 1 aromatic carbocycles. The molecule has 0 fully saturated rings. The van der Waals surface area contributed by atoms with Crippen LogP contribution in [0, 0.1) is 0 Å². The lowest BCUT2D eigenvalue weighted by Gasteiger charge is -2.07. The average Bonchev–Trinajstić information content (AvgIpc) is 3.03. The molecule has 2 heterocycles. The Bertz CT molecular complexity index is 834. The first kappa shape index (κ1) is 18.1. The Morgan fingerprint density at radius 1 is 1.24 bits per heavy atom. The standard InChI is InChI=1S/C16H20BrN7S/c1-2-9-25-16-20-14(19-8-7-18)13-15(21-16)24(23-22-13)10-11-3-5-12(17)6-4-11/h3-6H,2,7-10,18H2,1H3,(H,19,20,21). The van der Waals surface area contributed by atoms with Gasteiger partial charge in [-0.2, -0.15) is 0 Å². The van der Waals surface area contributed by atoms with Gasteiger partial charge < -0.3 is 11.1 Å². The third kappa shape index (κ3) is 4.47. The van der Waals surface area contributed by atoms with Crippen LogP contribution in [0.5, 0.6) is 0 Å². The molecule has 7 nitrogen and oxygen atoms in total. The van der Waals surface area contributed by atoms with Crippen LogP contribution in [0.2, 0.25) is 0 Å². The predicted molar refractivity (Wildman–Crippen MR) is 105 cm³/mol. The Balaban J connectivity index is 1.96. The normalized spacial score (nSPS) is 11.2. The number of rotatable bonds is 8. The van der Waals surface area contributed by atoms with Gasteiger partial charge in [0.1, 0.15) is 0 Å². The molecule has 3 aromatic rings. The van der Waals surface area contributed by atoms with Gasteiger partial charge in [-0.05, 0) is 24.1 Å². The fraction of sp³-hybridized carbons (Fsp3) is 0.375. The highest BCUT2D eigenvalue weighted by Crippen LogP contribution is 2.23.